The van der Waals surface area contributed by atoms with Gasteiger partial charge in [0.1, 0.15) is 4.90 Å². The number of nitrogens with zero attached hydrogens (tertiary/aromatic N) is 1. The molecule has 1 fully saturated rings. The highest BCUT2D eigenvalue weighted by atomic mass is 79.9. The number of aromatic nitrogens is 1. The Kier molecular flexibility index (Phi) is 7.94. The van der Waals surface area contributed by atoms with E-state index >= 15 is 0 Å². The molecule has 0 bridgehead atoms. The average Bonchev–Trinajstić information content (AvgIpc) is 3.15. The van der Waals surface area contributed by atoms with E-state index in [0.717, 1.165) is 17.7 Å². The van der Waals surface area contributed by atoms with E-state index in [9.17, 15) is 13.2 Å². The number of carbonyl (C=O) groups excluding carboxylic acids is 1. The van der Waals surface area contributed by atoms with Gasteiger partial charge in [-0.25, -0.2) is 13.4 Å². The highest BCUT2D eigenvalue weighted by Crippen LogP contribution is 2.37. The molecule has 0 saturated carbocycles. The van der Waals surface area contributed by atoms with Crippen LogP contribution >= 0.6 is 38.9 Å². The van der Waals surface area contributed by atoms with Gasteiger partial charge in [0, 0.05) is 24.1 Å². The fourth-order valence-corrected chi connectivity index (χ4v) is 6.98. The van der Waals surface area contributed by atoms with Crippen LogP contribution in [0.15, 0.2) is 51.8 Å². The molecule has 2 N–H and O–H groups in total. The van der Waals surface area contributed by atoms with Crippen LogP contribution in [0.5, 0.6) is 0 Å². The second-order valence-electron chi connectivity index (χ2n) is 7.97. The molecule has 1 amide bonds. The Balaban J connectivity index is 1.55. The highest BCUT2D eigenvalue weighted by Gasteiger charge is 2.22. The number of thiazole rings is 1. The van der Waals surface area contributed by atoms with E-state index in [0.29, 0.717) is 57.1 Å². The first-order valence-corrected chi connectivity index (χ1v) is 14.1. The standard InChI is InChI=1S/C23H23BrClN3O4S2/c1-14-22(33-23(26-14)27-21(29)12-15-8-10-32-11-9-15)16-6-7-17(24)20(13-16)34(30,31)28-19-5-3-2-4-18(19)25/h2-7,13,15,28H,8-12H2,1H3,(H,26,27,29). The van der Waals surface area contributed by atoms with Crippen molar-refractivity contribution in [2.24, 2.45) is 5.92 Å². The summed E-state index contributed by atoms with van der Waals surface area (Å²) in [5.74, 6) is 0.245. The molecule has 0 unspecified atom stereocenters. The Morgan fingerprint density at radius 3 is 2.71 bits per heavy atom. The molecule has 34 heavy (non-hydrogen) atoms. The van der Waals surface area contributed by atoms with Gasteiger partial charge in [0.15, 0.2) is 5.13 Å². The Labute approximate surface area is 216 Å². The van der Waals surface area contributed by atoms with Gasteiger partial charge in [0.25, 0.3) is 10.0 Å². The largest absolute Gasteiger partial charge is 0.381 e. The first-order valence-electron chi connectivity index (χ1n) is 10.7. The van der Waals surface area contributed by atoms with Gasteiger partial charge in [0.05, 0.1) is 21.3 Å². The first kappa shape index (κ1) is 25.1. The third-order valence-corrected chi connectivity index (χ3v) is 9.27. The summed E-state index contributed by atoms with van der Waals surface area (Å²) in [6, 6.07) is 11.7. The van der Waals surface area contributed by atoms with E-state index in [4.69, 9.17) is 16.3 Å². The second-order valence-corrected chi connectivity index (χ2v) is 11.9. The molecule has 3 aromatic rings. The zero-order valence-corrected chi connectivity index (χ0v) is 22.3. The SMILES string of the molecule is Cc1nc(NC(=O)CC2CCOCC2)sc1-c1ccc(Br)c(S(=O)(=O)Nc2ccccc2Cl)c1. The van der Waals surface area contributed by atoms with Crippen LogP contribution in [-0.4, -0.2) is 32.5 Å². The van der Waals surface area contributed by atoms with Crippen LogP contribution < -0.4 is 10.0 Å². The summed E-state index contributed by atoms with van der Waals surface area (Å²) < 4.78 is 34.5. The predicted molar refractivity (Wildman–Crippen MR) is 139 cm³/mol. The first-order chi connectivity index (χ1) is 16.2. The van der Waals surface area contributed by atoms with Crippen LogP contribution in [0.3, 0.4) is 0 Å². The zero-order valence-electron chi connectivity index (χ0n) is 18.3. The summed E-state index contributed by atoms with van der Waals surface area (Å²) in [4.78, 5) is 17.8. The second kappa shape index (κ2) is 10.7. The maximum absolute atomic E-state index is 13.1. The quantitative estimate of drug-likeness (QED) is 0.350. The molecule has 0 spiro atoms. The smallest absolute Gasteiger partial charge is 0.263 e. The monoisotopic (exact) mass is 583 g/mol. The van der Waals surface area contributed by atoms with Crippen LogP contribution in [0.1, 0.15) is 25.0 Å². The lowest BCUT2D eigenvalue weighted by atomic mass is 9.96. The van der Waals surface area contributed by atoms with Crippen molar-refractivity contribution in [2.45, 2.75) is 31.1 Å². The van der Waals surface area contributed by atoms with Gasteiger partial charge in [-0.15, -0.1) is 0 Å². The van der Waals surface area contributed by atoms with Crippen molar-refractivity contribution in [3.05, 3.63) is 57.7 Å². The number of anilines is 2. The van der Waals surface area contributed by atoms with Gasteiger partial charge >= 0.3 is 0 Å². The molecular formula is C23H23BrClN3O4S2. The molecule has 0 radical (unpaired) electrons. The van der Waals surface area contributed by atoms with Gasteiger partial charge in [0.2, 0.25) is 5.91 Å². The summed E-state index contributed by atoms with van der Waals surface area (Å²) in [6.07, 6.45) is 2.20. The third kappa shape index (κ3) is 5.98. The fraction of sp³-hybridized carbons (Fsp3) is 0.304. The lowest BCUT2D eigenvalue weighted by Gasteiger charge is -2.20. The normalized spacial score (nSPS) is 14.7. The van der Waals surface area contributed by atoms with Crippen molar-refractivity contribution in [1.29, 1.82) is 0 Å². The minimum absolute atomic E-state index is 0.0721. The van der Waals surface area contributed by atoms with Gasteiger partial charge in [-0.05, 0) is 71.4 Å². The van der Waals surface area contributed by atoms with Crippen molar-refractivity contribution in [1.82, 2.24) is 4.98 Å². The van der Waals surface area contributed by atoms with Crippen LogP contribution in [0.4, 0.5) is 10.8 Å². The van der Waals surface area contributed by atoms with E-state index in [1.165, 1.54) is 11.3 Å². The Hall–Kier alpha value is -1.98. The number of sulfonamides is 1. The summed E-state index contributed by atoms with van der Waals surface area (Å²) in [6.45, 7) is 3.22. The molecule has 180 valence electrons. The Morgan fingerprint density at radius 2 is 1.97 bits per heavy atom. The van der Waals surface area contributed by atoms with E-state index in [1.807, 2.05) is 13.0 Å². The number of benzene rings is 2. The van der Waals surface area contributed by atoms with Crippen LogP contribution in [0.25, 0.3) is 10.4 Å². The zero-order chi connectivity index (χ0) is 24.3. The lowest BCUT2D eigenvalue weighted by Crippen LogP contribution is -2.22. The van der Waals surface area contributed by atoms with E-state index < -0.39 is 10.0 Å². The van der Waals surface area contributed by atoms with Crippen molar-refractivity contribution >= 4 is 65.6 Å². The number of ether oxygens (including phenoxy) is 1. The third-order valence-electron chi connectivity index (χ3n) is 5.46. The summed E-state index contributed by atoms with van der Waals surface area (Å²) >= 11 is 10.8. The number of aryl methyl sites for hydroxylation is 1. The molecule has 4 rings (SSSR count). The molecule has 2 heterocycles. The number of hydrogen-bond acceptors (Lipinski definition) is 6. The van der Waals surface area contributed by atoms with E-state index in [-0.39, 0.29) is 10.8 Å². The maximum atomic E-state index is 13.1. The fourth-order valence-electron chi connectivity index (χ4n) is 3.69. The Bertz CT molecular complexity index is 1310. The van der Waals surface area contributed by atoms with Gasteiger partial charge in [-0.3, -0.25) is 9.52 Å². The number of nitrogens with one attached hydrogen (secondary N) is 2. The molecule has 0 aliphatic carbocycles. The molecule has 0 atom stereocenters. The average molecular weight is 585 g/mol. The summed E-state index contributed by atoms with van der Waals surface area (Å²) in [7, 11) is -3.92. The number of halogens is 2. The predicted octanol–water partition coefficient (Wildman–Crippen LogP) is 6.09. The molecule has 11 heteroatoms. The number of hydrogen-bond donors (Lipinski definition) is 2. The van der Waals surface area contributed by atoms with E-state index in [2.05, 4.69) is 31.0 Å². The Morgan fingerprint density at radius 1 is 1.24 bits per heavy atom. The molecule has 7 nitrogen and oxygen atoms in total. The number of rotatable bonds is 7. The maximum Gasteiger partial charge on any atom is 0.263 e. The van der Waals surface area contributed by atoms with Crippen LogP contribution in [-0.2, 0) is 19.6 Å². The topological polar surface area (TPSA) is 97.4 Å². The lowest BCUT2D eigenvalue weighted by molar-refractivity contribution is -0.117. The number of para-hydroxylation sites is 1. The minimum atomic E-state index is -3.92. The molecule has 1 aromatic heterocycles. The number of amides is 1. The van der Waals surface area contributed by atoms with Gasteiger partial charge < -0.3 is 10.1 Å². The molecular weight excluding hydrogens is 562 g/mol. The molecule has 1 saturated heterocycles. The van der Waals surface area contributed by atoms with Crippen LogP contribution in [0.2, 0.25) is 5.02 Å². The molecule has 2 aromatic carbocycles. The van der Waals surface area contributed by atoms with Gasteiger partial charge in [-0.1, -0.05) is 41.1 Å². The molecule has 1 aliphatic rings. The summed E-state index contributed by atoms with van der Waals surface area (Å²) in [5.41, 5.74) is 1.68. The van der Waals surface area contributed by atoms with E-state index in [1.54, 1.807) is 36.4 Å². The van der Waals surface area contributed by atoms with Crippen molar-refractivity contribution < 1.29 is 17.9 Å². The van der Waals surface area contributed by atoms with Crippen molar-refractivity contribution in [3.63, 3.8) is 0 Å². The van der Waals surface area contributed by atoms with Crippen molar-refractivity contribution in [2.75, 3.05) is 23.3 Å². The van der Waals surface area contributed by atoms with Crippen molar-refractivity contribution in [3.8, 4) is 10.4 Å². The van der Waals surface area contributed by atoms with Crippen LogP contribution in [0, 0.1) is 12.8 Å². The minimum Gasteiger partial charge on any atom is -0.381 e. The summed E-state index contributed by atoms with van der Waals surface area (Å²) in [5, 5.41) is 3.68. The highest BCUT2D eigenvalue weighted by molar-refractivity contribution is 9.10. The van der Waals surface area contributed by atoms with Gasteiger partial charge in [-0.2, -0.15) is 0 Å². The number of carbonyl (C=O) groups is 1. The molecule has 1 aliphatic heterocycles.